The Balaban J connectivity index is 1.59. The molecule has 2 heterocycles. The van der Waals surface area contributed by atoms with Crippen LogP contribution in [-0.2, 0) is 6.42 Å². The smallest absolute Gasteiger partial charge is 0.253 e. The molecule has 0 bridgehead atoms. The largest absolute Gasteiger partial charge is 0.335 e. The Kier molecular flexibility index (Phi) is 3.66. The van der Waals surface area contributed by atoms with Crippen molar-refractivity contribution in [1.82, 2.24) is 9.80 Å². The van der Waals surface area contributed by atoms with Crippen molar-refractivity contribution >= 4 is 5.91 Å². The molecule has 2 aliphatic heterocycles. The molecule has 4 rings (SSSR count). The number of piperazine rings is 1. The van der Waals surface area contributed by atoms with E-state index in [0.717, 1.165) is 43.7 Å². The lowest BCUT2D eigenvalue weighted by Gasteiger charge is -2.45. The maximum Gasteiger partial charge on any atom is 0.253 e. The van der Waals surface area contributed by atoms with Crippen molar-refractivity contribution in [1.29, 1.82) is 0 Å². The molecular weight excluding hydrogens is 284 g/mol. The fraction of sp³-hybridized carbons (Fsp3) is 0.350. The Hall–Kier alpha value is -2.13. The lowest BCUT2D eigenvalue weighted by atomic mass is 9.91. The summed E-state index contributed by atoms with van der Waals surface area (Å²) >= 11 is 0. The van der Waals surface area contributed by atoms with Gasteiger partial charge in [-0.2, -0.15) is 0 Å². The van der Waals surface area contributed by atoms with Gasteiger partial charge in [0.05, 0.1) is 6.04 Å². The zero-order valence-corrected chi connectivity index (χ0v) is 13.5. The van der Waals surface area contributed by atoms with Gasteiger partial charge in [-0.3, -0.25) is 9.69 Å². The molecule has 0 radical (unpaired) electrons. The van der Waals surface area contributed by atoms with Crippen LogP contribution >= 0.6 is 0 Å². The van der Waals surface area contributed by atoms with E-state index in [1.54, 1.807) is 0 Å². The maximum absolute atomic E-state index is 12.8. The number of carbonyl (C=O) groups excluding carboxylic acids is 1. The molecule has 3 heteroatoms. The fourth-order valence-corrected chi connectivity index (χ4v) is 3.88. The van der Waals surface area contributed by atoms with Gasteiger partial charge in [0.1, 0.15) is 0 Å². The molecule has 1 amide bonds. The van der Waals surface area contributed by atoms with Crippen LogP contribution in [0.1, 0.15) is 33.1 Å². The van der Waals surface area contributed by atoms with Gasteiger partial charge < -0.3 is 4.90 Å². The Labute approximate surface area is 137 Å². The van der Waals surface area contributed by atoms with Gasteiger partial charge >= 0.3 is 0 Å². The Morgan fingerprint density at radius 2 is 1.91 bits per heavy atom. The van der Waals surface area contributed by atoms with E-state index in [4.69, 9.17) is 0 Å². The van der Waals surface area contributed by atoms with E-state index in [-0.39, 0.29) is 5.91 Å². The first-order valence-electron chi connectivity index (χ1n) is 8.40. The molecule has 0 aliphatic carbocycles. The van der Waals surface area contributed by atoms with E-state index in [0.29, 0.717) is 6.04 Å². The summed E-state index contributed by atoms with van der Waals surface area (Å²) in [6.07, 6.45) is 1.12. The summed E-state index contributed by atoms with van der Waals surface area (Å²) in [6, 6.07) is 17.0. The average molecular weight is 306 g/mol. The second kappa shape index (κ2) is 5.82. The number of aryl methyl sites for hydroxylation is 1. The van der Waals surface area contributed by atoms with Crippen LogP contribution in [-0.4, -0.2) is 41.9 Å². The Morgan fingerprint density at radius 1 is 1.04 bits per heavy atom. The average Bonchev–Trinajstić information content (AvgIpc) is 2.60. The van der Waals surface area contributed by atoms with Gasteiger partial charge in [0.15, 0.2) is 0 Å². The molecule has 2 aromatic rings. The predicted molar refractivity (Wildman–Crippen MR) is 91.5 cm³/mol. The minimum absolute atomic E-state index is 0.163. The molecule has 1 unspecified atom stereocenters. The number of fused-ring (bicyclic) bond motifs is 3. The number of benzene rings is 2. The second-order valence-corrected chi connectivity index (χ2v) is 6.62. The monoisotopic (exact) mass is 306 g/mol. The van der Waals surface area contributed by atoms with Crippen LogP contribution in [0.15, 0.2) is 48.5 Å². The number of carbonyl (C=O) groups is 1. The maximum atomic E-state index is 12.8. The topological polar surface area (TPSA) is 23.6 Å². The summed E-state index contributed by atoms with van der Waals surface area (Å²) in [5, 5.41) is 0. The summed E-state index contributed by atoms with van der Waals surface area (Å²) < 4.78 is 0. The van der Waals surface area contributed by atoms with Gasteiger partial charge in [-0.1, -0.05) is 42.0 Å². The zero-order valence-electron chi connectivity index (χ0n) is 13.5. The van der Waals surface area contributed by atoms with E-state index in [1.807, 2.05) is 36.1 Å². The highest BCUT2D eigenvalue weighted by atomic mass is 16.2. The van der Waals surface area contributed by atoms with Gasteiger partial charge in [0, 0.05) is 31.7 Å². The standard InChI is InChI=1S/C20H22N2O/c1-15-5-4-7-17(13-15)20(23)22-12-11-21-10-9-16-6-2-3-8-18(16)19(21)14-22/h2-8,13,19H,9-12,14H2,1H3. The lowest BCUT2D eigenvalue weighted by Crippen LogP contribution is -2.52. The van der Waals surface area contributed by atoms with Crippen LogP contribution < -0.4 is 0 Å². The molecule has 1 atom stereocenters. The molecule has 118 valence electrons. The highest BCUT2D eigenvalue weighted by Crippen LogP contribution is 2.32. The summed E-state index contributed by atoms with van der Waals surface area (Å²) in [5.41, 5.74) is 4.79. The van der Waals surface area contributed by atoms with Crippen molar-refractivity contribution in [3.63, 3.8) is 0 Å². The van der Waals surface area contributed by atoms with E-state index in [9.17, 15) is 4.79 Å². The van der Waals surface area contributed by atoms with Crippen LogP contribution in [0.3, 0.4) is 0 Å². The van der Waals surface area contributed by atoms with Crippen molar-refractivity contribution in [3.05, 3.63) is 70.8 Å². The molecule has 0 N–H and O–H groups in total. The third-order valence-corrected chi connectivity index (χ3v) is 5.13. The number of rotatable bonds is 1. The van der Waals surface area contributed by atoms with Crippen LogP contribution in [0.4, 0.5) is 0 Å². The quantitative estimate of drug-likeness (QED) is 0.808. The van der Waals surface area contributed by atoms with Crippen molar-refractivity contribution in [2.24, 2.45) is 0 Å². The summed E-state index contributed by atoms with van der Waals surface area (Å²) in [6.45, 7) is 5.73. The first-order valence-corrected chi connectivity index (χ1v) is 8.40. The van der Waals surface area contributed by atoms with Gasteiger partial charge in [-0.15, -0.1) is 0 Å². The molecule has 2 aliphatic rings. The molecular formula is C20H22N2O. The molecule has 1 fully saturated rings. The van der Waals surface area contributed by atoms with Crippen LogP contribution in [0.5, 0.6) is 0 Å². The molecule has 2 aromatic carbocycles. The molecule has 0 saturated carbocycles. The van der Waals surface area contributed by atoms with Crippen molar-refractivity contribution in [2.45, 2.75) is 19.4 Å². The minimum Gasteiger partial charge on any atom is -0.335 e. The van der Waals surface area contributed by atoms with Gasteiger partial charge in [0.25, 0.3) is 5.91 Å². The van der Waals surface area contributed by atoms with Gasteiger partial charge in [-0.25, -0.2) is 0 Å². The molecule has 1 saturated heterocycles. The first-order chi connectivity index (χ1) is 11.2. The molecule has 0 aromatic heterocycles. The SMILES string of the molecule is Cc1cccc(C(=O)N2CCN3CCc4ccccc4C3C2)c1. The van der Waals surface area contributed by atoms with Crippen LogP contribution in [0, 0.1) is 6.92 Å². The van der Waals surface area contributed by atoms with Crippen LogP contribution in [0.25, 0.3) is 0 Å². The summed E-state index contributed by atoms with van der Waals surface area (Å²) in [7, 11) is 0. The van der Waals surface area contributed by atoms with Gasteiger partial charge in [0.2, 0.25) is 0 Å². The molecule has 23 heavy (non-hydrogen) atoms. The Bertz CT molecular complexity index is 740. The van der Waals surface area contributed by atoms with E-state index < -0.39 is 0 Å². The van der Waals surface area contributed by atoms with Crippen molar-refractivity contribution < 1.29 is 4.79 Å². The summed E-state index contributed by atoms with van der Waals surface area (Å²) in [5.74, 6) is 0.163. The number of hydrogen-bond donors (Lipinski definition) is 0. The second-order valence-electron chi connectivity index (χ2n) is 6.62. The predicted octanol–water partition coefficient (Wildman–Crippen LogP) is 3.05. The minimum atomic E-state index is 0.163. The normalized spacial score (nSPS) is 20.7. The van der Waals surface area contributed by atoms with E-state index in [1.165, 1.54) is 11.1 Å². The fourth-order valence-electron chi connectivity index (χ4n) is 3.88. The first kappa shape index (κ1) is 14.5. The molecule has 3 nitrogen and oxygen atoms in total. The van der Waals surface area contributed by atoms with Crippen LogP contribution in [0.2, 0.25) is 0 Å². The highest BCUT2D eigenvalue weighted by molar-refractivity contribution is 5.94. The highest BCUT2D eigenvalue weighted by Gasteiger charge is 2.34. The van der Waals surface area contributed by atoms with E-state index in [2.05, 4.69) is 29.2 Å². The zero-order chi connectivity index (χ0) is 15.8. The summed E-state index contributed by atoms with van der Waals surface area (Å²) in [4.78, 5) is 17.4. The number of hydrogen-bond acceptors (Lipinski definition) is 2. The number of amides is 1. The van der Waals surface area contributed by atoms with Crippen molar-refractivity contribution in [3.8, 4) is 0 Å². The van der Waals surface area contributed by atoms with Crippen molar-refractivity contribution in [2.75, 3.05) is 26.2 Å². The van der Waals surface area contributed by atoms with Gasteiger partial charge in [-0.05, 0) is 36.6 Å². The Morgan fingerprint density at radius 3 is 2.78 bits per heavy atom. The third-order valence-electron chi connectivity index (χ3n) is 5.13. The third kappa shape index (κ3) is 2.66. The molecule has 0 spiro atoms. The lowest BCUT2D eigenvalue weighted by molar-refractivity contribution is 0.0453. The number of nitrogens with zero attached hydrogens (tertiary/aromatic N) is 2. The van der Waals surface area contributed by atoms with E-state index >= 15 is 0 Å².